The van der Waals surface area contributed by atoms with Crippen molar-refractivity contribution in [3.8, 4) is 0 Å². The van der Waals surface area contributed by atoms with Crippen molar-refractivity contribution in [3.05, 3.63) is 0 Å². The average Bonchev–Trinajstić information content (AvgIpc) is 3.01. The van der Waals surface area contributed by atoms with Crippen LogP contribution in [0.5, 0.6) is 0 Å². The Labute approximate surface area is 168 Å². The maximum Gasteiger partial charge on any atom is 0.410 e. The number of likely N-dealkylation sites (tertiary alicyclic amines) is 1. The van der Waals surface area contributed by atoms with Gasteiger partial charge in [0.05, 0.1) is 6.54 Å². The molecule has 5 nitrogen and oxygen atoms in total. The number of nitrogens with one attached hydrogen (secondary N) is 1. The van der Waals surface area contributed by atoms with Crippen molar-refractivity contribution < 1.29 is 9.53 Å². The molecule has 2 aliphatic heterocycles. The zero-order valence-electron chi connectivity index (χ0n) is 16.5. The summed E-state index contributed by atoms with van der Waals surface area (Å²) in [5.74, 6) is 2.81. The van der Waals surface area contributed by atoms with Gasteiger partial charge in [0.15, 0.2) is 5.11 Å². The molecule has 1 unspecified atom stereocenters. The van der Waals surface area contributed by atoms with Crippen LogP contribution in [0.1, 0.15) is 64.7 Å². The third-order valence-electron chi connectivity index (χ3n) is 7.96. The van der Waals surface area contributed by atoms with Crippen LogP contribution >= 0.6 is 12.2 Å². The molecular formula is C21H33N3O2S. The standard InChI is InChI=1S/C21H33N3O2S/c1-2-18-13-24(20(25)26-18)17-3-5-23(6-4-17)19(27)22-21-10-14-7-15(11-21)9-16(8-14)12-21/h14-18H,2-13H2,1H3,(H,22,27). The first-order valence-electron chi connectivity index (χ1n) is 11.1. The van der Waals surface area contributed by atoms with E-state index in [1.807, 2.05) is 4.90 Å². The van der Waals surface area contributed by atoms with Gasteiger partial charge in [-0.3, -0.25) is 0 Å². The summed E-state index contributed by atoms with van der Waals surface area (Å²) in [5.41, 5.74) is 0.287. The fourth-order valence-electron chi connectivity index (χ4n) is 7.00. The second-order valence-electron chi connectivity index (χ2n) is 9.91. The molecule has 0 aromatic heterocycles. The summed E-state index contributed by atoms with van der Waals surface area (Å²) in [7, 11) is 0. The van der Waals surface area contributed by atoms with Crippen molar-refractivity contribution in [1.29, 1.82) is 0 Å². The van der Waals surface area contributed by atoms with E-state index in [-0.39, 0.29) is 17.7 Å². The third-order valence-corrected chi connectivity index (χ3v) is 8.32. The average molecular weight is 392 g/mol. The highest BCUT2D eigenvalue weighted by Crippen LogP contribution is 2.55. The van der Waals surface area contributed by atoms with Crippen LogP contribution in [0.15, 0.2) is 0 Å². The fourth-order valence-corrected chi connectivity index (χ4v) is 7.40. The second-order valence-corrected chi connectivity index (χ2v) is 10.3. The minimum absolute atomic E-state index is 0.0781. The number of rotatable bonds is 3. The Bertz CT molecular complexity index is 581. The number of thiocarbonyl (C=S) groups is 1. The van der Waals surface area contributed by atoms with Crippen molar-refractivity contribution >= 4 is 23.4 Å². The monoisotopic (exact) mass is 391 g/mol. The molecule has 4 saturated carbocycles. The molecule has 4 bridgehead atoms. The lowest BCUT2D eigenvalue weighted by atomic mass is 9.53. The number of amides is 1. The third kappa shape index (κ3) is 3.32. The Balaban J connectivity index is 1.16. The topological polar surface area (TPSA) is 44.8 Å². The SMILES string of the molecule is CCC1CN(C2CCN(C(=S)NC34CC5CC(CC(C5)C3)C4)CC2)C(=O)O1. The van der Waals surface area contributed by atoms with Crippen LogP contribution in [0.2, 0.25) is 0 Å². The predicted octanol–water partition coefficient (Wildman–Crippen LogP) is 3.52. The molecule has 4 aliphatic carbocycles. The number of ether oxygens (including phenoxy) is 1. The number of hydrogen-bond acceptors (Lipinski definition) is 3. The zero-order chi connectivity index (χ0) is 18.6. The van der Waals surface area contributed by atoms with E-state index in [0.717, 1.165) is 61.8 Å². The summed E-state index contributed by atoms with van der Waals surface area (Å²) < 4.78 is 5.44. The van der Waals surface area contributed by atoms with Crippen molar-refractivity contribution in [1.82, 2.24) is 15.1 Å². The Morgan fingerprint density at radius 3 is 2.26 bits per heavy atom. The molecule has 0 aromatic rings. The number of nitrogens with zero attached hydrogens (tertiary/aromatic N) is 2. The highest BCUT2D eigenvalue weighted by Gasteiger charge is 2.51. The highest BCUT2D eigenvalue weighted by atomic mass is 32.1. The molecule has 6 fully saturated rings. The molecule has 0 aromatic carbocycles. The van der Waals surface area contributed by atoms with Crippen molar-refractivity contribution in [2.75, 3.05) is 19.6 Å². The van der Waals surface area contributed by atoms with E-state index in [2.05, 4.69) is 17.1 Å². The summed E-state index contributed by atoms with van der Waals surface area (Å²) in [5, 5.41) is 4.82. The molecule has 2 heterocycles. The van der Waals surface area contributed by atoms with Gasteiger partial charge in [0.1, 0.15) is 6.10 Å². The smallest absolute Gasteiger partial charge is 0.410 e. The molecule has 0 radical (unpaired) electrons. The molecule has 6 heteroatoms. The van der Waals surface area contributed by atoms with Gasteiger partial charge in [-0.2, -0.15) is 0 Å². The summed E-state index contributed by atoms with van der Waals surface area (Å²) >= 11 is 5.85. The first-order valence-corrected chi connectivity index (χ1v) is 11.5. The van der Waals surface area contributed by atoms with E-state index in [4.69, 9.17) is 17.0 Å². The lowest BCUT2D eigenvalue weighted by Gasteiger charge is -2.57. The van der Waals surface area contributed by atoms with Crippen LogP contribution in [0.25, 0.3) is 0 Å². The minimum atomic E-state index is -0.116. The van der Waals surface area contributed by atoms with E-state index in [1.165, 1.54) is 38.5 Å². The molecular weight excluding hydrogens is 358 g/mol. The highest BCUT2D eigenvalue weighted by molar-refractivity contribution is 7.80. The van der Waals surface area contributed by atoms with Gasteiger partial charge in [0.2, 0.25) is 0 Å². The van der Waals surface area contributed by atoms with E-state index < -0.39 is 0 Å². The summed E-state index contributed by atoms with van der Waals surface area (Å²) in [6.45, 7) is 4.74. The normalized spacial score (nSPS) is 41.1. The molecule has 1 N–H and O–H groups in total. The fraction of sp³-hybridized carbons (Fsp3) is 0.905. The number of carbonyl (C=O) groups excluding carboxylic acids is 1. The van der Waals surface area contributed by atoms with E-state index in [0.29, 0.717) is 6.04 Å². The molecule has 1 atom stereocenters. The van der Waals surface area contributed by atoms with Gasteiger partial charge in [0, 0.05) is 24.7 Å². The van der Waals surface area contributed by atoms with Gasteiger partial charge in [-0.1, -0.05) is 6.92 Å². The van der Waals surface area contributed by atoms with E-state index >= 15 is 0 Å². The summed E-state index contributed by atoms with van der Waals surface area (Å²) in [6.07, 6.45) is 11.2. The van der Waals surface area contributed by atoms with Gasteiger partial charge >= 0.3 is 6.09 Å². The van der Waals surface area contributed by atoms with Crippen LogP contribution in [-0.4, -0.2) is 58.3 Å². The van der Waals surface area contributed by atoms with Gasteiger partial charge in [-0.25, -0.2) is 4.79 Å². The summed E-state index contributed by atoms with van der Waals surface area (Å²) in [6, 6.07) is 0.313. The Morgan fingerprint density at radius 2 is 1.74 bits per heavy atom. The van der Waals surface area contributed by atoms with Crippen LogP contribution in [-0.2, 0) is 4.74 Å². The van der Waals surface area contributed by atoms with Crippen molar-refractivity contribution in [2.45, 2.75) is 82.4 Å². The van der Waals surface area contributed by atoms with Crippen LogP contribution < -0.4 is 5.32 Å². The Hall–Kier alpha value is -1.04. The Morgan fingerprint density at radius 1 is 1.15 bits per heavy atom. The number of carbonyl (C=O) groups is 1. The molecule has 6 rings (SSSR count). The maximum absolute atomic E-state index is 12.1. The Kier molecular flexibility index (Phi) is 4.53. The van der Waals surface area contributed by atoms with Crippen molar-refractivity contribution in [3.63, 3.8) is 0 Å². The number of hydrogen-bond donors (Lipinski definition) is 1. The maximum atomic E-state index is 12.1. The van der Waals surface area contributed by atoms with Crippen LogP contribution in [0.3, 0.4) is 0 Å². The predicted molar refractivity (Wildman–Crippen MR) is 108 cm³/mol. The van der Waals surface area contributed by atoms with Gasteiger partial charge in [0.25, 0.3) is 0 Å². The molecule has 6 aliphatic rings. The molecule has 2 saturated heterocycles. The van der Waals surface area contributed by atoms with Crippen LogP contribution in [0.4, 0.5) is 4.79 Å². The van der Waals surface area contributed by atoms with Gasteiger partial charge < -0.3 is 19.9 Å². The minimum Gasteiger partial charge on any atom is -0.444 e. The summed E-state index contributed by atoms with van der Waals surface area (Å²) in [4.78, 5) is 16.4. The van der Waals surface area contributed by atoms with Gasteiger partial charge in [-0.05, 0) is 87.8 Å². The van der Waals surface area contributed by atoms with Crippen molar-refractivity contribution in [2.24, 2.45) is 17.8 Å². The second kappa shape index (κ2) is 6.78. The molecule has 27 heavy (non-hydrogen) atoms. The zero-order valence-corrected chi connectivity index (χ0v) is 17.3. The van der Waals surface area contributed by atoms with E-state index in [1.54, 1.807) is 0 Å². The van der Waals surface area contributed by atoms with E-state index in [9.17, 15) is 4.79 Å². The van der Waals surface area contributed by atoms with Gasteiger partial charge in [-0.15, -0.1) is 0 Å². The number of piperidine rings is 1. The molecule has 150 valence electrons. The molecule has 1 amide bonds. The lowest BCUT2D eigenvalue weighted by Crippen LogP contribution is -2.62. The quantitative estimate of drug-likeness (QED) is 0.746. The largest absolute Gasteiger partial charge is 0.444 e. The number of cyclic esters (lactones) is 1. The van der Waals surface area contributed by atoms with Crippen LogP contribution in [0, 0.1) is 17.8 Å². The molecule has 0 spiro atoms. The first-order chi connectivity index (χ1) is 13.0. The lowest BCUT2D eigenvalue weighted by molar-refractivity contribution is -0.0114. The first kappa shape index (κ1) is 18.0.